The minimum atomic E-state index is -0.644. The molecule has 0 aromatic heterocycles. The first-order valence-electron chi connectivity index (χ1n) is 5.31. The Morgan fingerprint density at radius 1 is 1.59 bits per heavy atom. The maximum Gasteiger partial charge on any atom is 0.295 e. The molecule has 1 aromatic carbocycles. The molecular formula is C11H15FN2O3. The van der Waals surface area contributed by atoms with Gasteiger partial charge in [0.2, 0.25) is 0 Å². The summed E-state index contributed by atoms with van der Waals surface area (Å²) in [6, 6.07) is 1.99. The van der Waals surface area contributed by atoms with Gasteiger partial charge in [-0.25, -0.2) is 4.39 Å². The summed E-state index contributed by atoms with van der Waals surface area (Å²) in [6.07, 6.45) is 0.615. The number of aliphatic hydroxyl groups is 1. The highest BCUT2D eigenvalue weighted by Gasteiger charge is 2.18. The maximum atomic E-state index is 13.2. The fourth-order valence-corrected chi connectivity index (χ4v) is 1.43. The van der Waals surface area contributed by atoms with Crippen LogP contribution >= 0.6 is 0 Å². The molecule has 0 heterocycles. The van der Waals surface area contributed by atoms with E-state index >= 15 is 0 Å². The summed E-state index contributed by atoms with van der Waals surface area (Å²) in [7, 11) is 0. The molecule has 1 atom stereocenters. The fourth-order valence-electron chi connectivity index (χ4n) is 1.43. The quantitative estimate of drug-likeness (QED) is 0.613. The predicted molar refractivity (Wildman–Crippen MR) is 62.6 cm³/mol. The highest BCUT2D eigenvalue weighted by Crippen LogP contribution is 2.28. The SMILES string of the molecule is CCC(CO)Nc1cc(C)c(F)cc1[N+](=O)[O-]. The van der Waals surface area contributed by atoms with Crippen molar-refractivity contribution in [2.24, 2.45) is 0 Å². The topological polar surface area (TPSA) is 75.4 Å². The molecule has 0 saturated carbocycles. The Balaban J connectivity index is 3.12. The maximum absolute atomic E-state index is 13.2. The second-order valence-corrected chi connectivity index (χ2v) is 3.81. The summed E-state index contributed by atoms with van der Waals surface area (Å²) < 4.78 is 13.2. The zero-order chi connectivity index (χ0) is 13.0. The molecule has 0 bridgehead atoms. The van der Waals surface area contributed by atoms with Crippen molar-refractivity contribution in [1.82, 2.24) is 0 Å². The third-order valence-corrected chi connectivity index (χ3v) is 2.55. The number of aryl methyl sites for hydroxylation is 1. The number of nitro benzene ring substituents is 1. The summed E-state index contributed by atoms with van der Waals surface area (Å²) >= 11 is 0. The Morgan fingerprint density at radius 3 is 2.71 bits per heavy atom. The Morgan fingerprint density at radius 2 is 2.24 bits per heavy atom. The lowest BCUT2D eigenvalue weighted by molar-refractivity contribution is -0.384. The van der Waals surface area contributed by atoms with E-state index in [1.165, 1.54) is 13.0 Å². The first-order chi connectivity index (χ1) is 7.99. The summed E-state index contributed by atoms with van der Waals surface area (Å²) in [4.78, 5) is 10.1. The van der Waals surface area contributed by atoms with Crippen LogP contribution in [-0.2, 0) is 0 Å². The van der Waals surface area contributed by atoms with Crippen molar-refractivity contribution in [1.29, 1.82) is 0 Å². The number of hydrogen-bond donors (Lipinski definition) is 2. The normalized spacial score (nSPS) is 12.2. The summed E-state index contributed by atoms with van der Waals surface area (Å²) in [5, 5.41) is 22.7. The van der Waals surface area contributed by atoms with E-state index in [1.54, 1.807) is 0 Å². The van der Waals surface area contributed by atoms with Crippen LogP contribution in [0.2, 0.25) is 0 Å². The van der Waals surface area contributed by atoms with Gasteiger partial charge in [-0.3, -0.25) is 10.1 Å². The lowest BCUT2D eigenvalue weighted by Crippen LogP contribution is -2.23. The lowest BCUT2D eigenvalue weighted by atomic mass is 10.1. The van der Waals surface area contributed by atoms with Crippen molar-refractivity contribution < 1.29 is 14.4 Å². The Kier molecular flexibility index (Phi) is 4.39. The number of nitro groups is 1. The summed E-state index contributed by atoms with van der Waals surface area (Å²) in [5.41, 5.74) is 0.237. The van der Waals surface area contributed by atoms with Gasteiger partial charge in [-0.05, 0) is 25.0 Å². The minimum Gasteiger partial charge on any atom is -0.394 e. The van der Waals surface area contributed by atoms with E-state index in [2.05, 4.69) is 5.32 Å². The van der Waals surface area contributed by atoms with Gasteiger partial charge in [0, 0.05) is 6.04 Å². The van der Waals surface area contributed by atoms with Gasteiger partial charge in [0.25, 0.3) is 5.69 Å². The van der Waals surface area contributed by atoms with E-state index in [0.717, 1.165) is 6.07 Å². The number of halogens is 1. The van der Waals surface area contributed by atoms with Crippen LogP contribution in [0.1, 0.15) is 18.9 Å². The largest absolute Gasteiger partial charge is 0.394 e. The minimum absolute atomic E-state index is 0.135. The van der Waals surface area contributed by atoms with Crippen LogP contribution in [0.3, 0.4) is 0 Å². The van der Waals surface area contributed by atoms with Crippen molar-refractivity contribution in [3.05, 3.63) is 33.6 Å². The number of nitrogens with one attached hydrogen (secondary N) is 1. The molecule has 2 N–H and O–H groups in total. The third kappa shape index (κ3) is 3.13. The van der Waals surface area contributed by atoms with Crippen molar-refractivity contribution in [2.75, 3.05) is 11.9 Å². The molecule has 17 heavy (non-hydrogen) atoms. The highest BCUT2D eigenvalue weighted by molar-refractivity contribution is 5.63. The van der Waals surface area contributed by atoms with Gasteiger partial charge < -0.3 is 10.4 Å². The molecule has 0 aliphatic heterocycles. The van der Waals surface area contributed by atoms with Gasteiger partial charge in [-0.15, -0.1) is 0 Å². The van der Waals surface area contributed by atoms with Crippen LogP contribution < -0.4 is 5.32 Å². The molecule has 94 valence electrons. The van der Waals surface area contributed by atoms with Gasteiger partial charge in [0.1, 0.15) is 11.5 Å². The molecule has 0 aliphatic rings. The van der Waals surface area contributed by atoms with E-state index in [1.807, 2.05) is 6.92 Å². The highest BCUT2D eigenvalue weighted by atomic mass is 19.1. The van der Waals surface area contributed by atoms with Crippen molar-refractivity contribution in [3.63, 3.8) is 0 Å². The van der Waals surface area contributed by atoms with Crippen molar-refractivity contribution >= 4 is 11.4 Å². The first-order valence-corrected chi connectivity index (χ1v) is 5.31. The van der Waals surface area contributed by atoms with Crippen LogP contribution in [0.15, 0.2) is 12.1 Å². The average Bonchev–Trinajstić information content (AvgIpc) is 2.29. The Hall–Kier alpha value is -1.69. The van der Waals surface area contributed by atoms with Gasteiger partial charge in [0.05, 0.1) is 17.6 Å². The van der Waals surface area contributed by atoms with E-state index in [0.29, 0.717) is 12.0 Å². The molecule has 0 amide bonds. The monoisotopic (exact) mass is 242 g/mol. The molecule has 1 unspecified atom stereocenters. The van der Waals surface area contributed by atoms with Crippen LogP contribution in [0.4, 0.5) is 15.8 Å². The average molecular weight is 242 g/mol. The fraction of sp³-hybridized carbons (Fsp3) is 0.455. The first kappa shape index (κ1) is 13.4. The predicted octanol–water partition coefficient (Wildman–Crippen LogP) is 2.23. The van der Waals surface area contributed by atoms with Crippen LogP contribution in [0, 0.1) is 22.9 Å². The smallest absolute Gasteiger partial charge is 0.295 e. The van der Waals surface area contributed by atoms with E-state index in [-0.39, 0.29) is 24.0 Å². The molecule has 5 nitrogen and oxygen atoms in total. The number of rotatable bonds is 5. The summed E-state index contributed by atoms with van der Waals surface area (Å²) in [5.74, 6) is -0.612. The van der Waals surface area contributed by atoms with Gasteiger partial charge in [-0.1, -0.05) is 6.92 Å². The molecule has 1 rings (SSSR count). The molecular weight excluding hydrogens is 227 g/mol. The van der Waals surface area contributed by atoms with Gasteiger partial charge in [0.15, 0.2) is 0 Å². The Bertz CT molecular complexity index is 419. The number of aliphatic hydroxyl groups excluding tert-OH is 1. The second-order valence-electron chi connectivity index (χ2n) is 3.81. The van der Waals surface area contributed by atoms with Gasteiger partial charge >= 0.3 is 0 Å². The number of benzene rings is 1. The third-order valence-electron chi connectivity index (χ3n) is 2.55. The molecule has 0 radical (unpaired) electrons. The molecule has 0 spiro atoms. The zero-order valence-corrected chi connectivity index (χ0v) is 9.74. The molecule has 0 saturated heterocycles. The second kappa shape index (κ2) is 5.58. The van der Waals surface area contributed by atoms with E-state index < -0.39 is 10.7 Å². The van der Waals surface area contributed by atoms with Crippen LogP contribution in [0.25, 0.3) is 0 Å². The number of anilines is 1. The van der Waals surface area contributed by atoms with Crippen LogP contribution in [0.5, 0.6) is 0 Å². The zero-order valence-electron chi connectivity index (χ0n) is 9.74. The molecule has 0 aliphatic carbocycles. The Labute approximate surface area is 98.4 Å². The molecule has 0 fully saturated rings. The molecule has 1 aromatic rings. The number of hydrogen-bond acceptors (Lipinski definition) is 4. The summed E-state index contributed by atoms with van der Waals surface area (Å²) in [6.45, 7) is 3.24. The number of nitrogens with zero attached hydrogens (tertiary/aromatic N) is 1. The van der Waals surface area contributed by atoms with E-state index in [4.69, 9.17) is 5.11 Å². The van der Waals surface area contributed by atoms with Crippen molar-refractivity contribution in [2.45, 2.75) is 26.3 Å². The van der Waals surface area contributed by atoms with Crippen LogP contribution in [-0.4, -0.2) is 22.7 Å². The van der Waals surface area contributed by atoms with E-state index in [9.17, 15) is 14.5 Å². The standard InChI is InChI=1S/C11H15FN2O3/c1-3-8(6-15)13-10-4-7(2)9(12)5-11(10)14(16)17/h4-5,8,13,15H,3,6H2,1-2H3. The lowest BCUT2D eigenvalue weighted by Gasteiger charge is -2.16. The van der Waals surface area contributed by atoms with Crippen molar-refractivity contribution in [3.8, 4) is 0 Å². The molecule has 6 heteroatoms. The van der Waals surface area contributed by atoms with Gasteiger partial charge in [-0.2, -0.15) is 0 Å².